The molecule has 2 atom stereocenters. The Bertz CT molecular complexity index is 460. The summed E-state index contributed by atoms with van der Waals surface area (Å²) < 4.78 is 5.29. The van der Waals surface area contributed by atoms with E-state index in [1.165, 1.54) is 0 Å². The molecule has 4 heteroatoms. The smallest absolute Gasteiger partial charge is 0.331 e. The van der Waals surface area contributed by atoms with E-state index in [1.54, 1.807) is 0 Å². The van der Waals surface area contributed by atoms with Gasteiger partial charge in [0.05, 0.1) is 6.61 Å². The standard InChI is InChI=1S/C16H22ClNO2/c1-3-12-9-10-16(11-12,15(19)20-4-2)18-14-7-5-13(17)6-8-14/h5-8,12,18H,3-4,9-11H2,1-2H3. The topological polar surface area (TPSA) is 38.3 Å². The van der Waals surface area contributed by atoms with Crippen LogP contribution in [0.2, 0.25) is 5.02 Å². The Labute approximate surface area is 125 Å². The number of carbonyl (C=O) groups is 1. The van der Waals surface area contributed by atoms with E-state index in [2.05, 4.69) is 12.2 Å². The van der Waals surface area contributed by atoms with Crippen molar-refractivity contribution in [3.05, 3.63) is 29.3 Å². The predicted molar refractivity (Wildman–Crippen MR) is 82.1 cm³/mol. The van der Waals surface area contributed by atoms with Gasteiger partial charge in [-0.15, -0.1) is 0 Å². The van der Waals surface area contributed by atoms with Crippen LogP contribution < -0.4 is 5.32 Å². The molecule has 0 aromatic heterocycles. The molecule has 1 N–H and O–H groups in total. The van der Waals surface area contributed by atoms with Gasteiger partial charge in [0.1, 0.15) is 5.54 Å². The van der Waals surface area contributed by atoms with Crippen molar-refractivity contribution in [1.29, 1.82) is 0 Å². The summed E-state index contributed by atoms with van der Waals surface area (Å²) in [5.74, 6) is 0.449. The Morgan fingerprint density at radius 1 is 1.40 bits per heavy atom. The van der Waals surface area contributed by atoms with Gasteiger partial charge in [-0.2, -0.15) is 0 Å². The summed E-state index contributed by atoms with van der Waals surface area (Å²) in [4.78, 5) is 12.4. The molecule has 0 radical (unpaired) electrons. The van der Waals surface area contributed by atoms with Gasteiger partial charge in [-0.25, -0.2) is 4.79 Å². The van der Waals surface area contributed by atoms with E-state index in [0.717, 1.165) is 31.4 Å². The van der Waals surface area contributed by atoms with E-state index in [0.29, 0.717) is 17.5 Å². The third-order valence-corrected chi connectivity index (χ3v) is 4.34. The van der Waals surface area contributed by atoms with Crippen molar-refractivity contribution in [2.45, 2.75) is 45.1 Å². The molecule has 0 heterocycles. The Morgan fingerprint density at radius 3 is 2.65 bits per heavy atom. The lowest BCUT2D eigenvalue weighted by Crippen LogP contribution is -2.45. The van der Waals surface area contributed by atoms with Crippen LogP contribution in [0.25, 0.3) is 0 Å². The van der Waals surface area contributed by atoms with Crippen LogP contribution in [0.3, 0.4) is 0 Å². The lowest BCUT2D eigenvalue weighted by atomic mass is 9.94. The molecular formula is C16H22ClNO2. The molecule has 1 saturated carbocycles. The van der Waals surface area contributed by atoms with Crippen LogP contribution in [0.1, 0.15) is 39.5 Å². The first-order chi connectivity index (χ1) is 9.59. The molecule has 3 nitrogen and oxygen atoms in total. The zero-order valence-corrected chi connectivity index (χ0v) is 12.9. The maximum absolute atomic E-state index is 12.4. The van der Waals surface area contributed by atoms with Crippen LogP contribution in [-0.4, -0.2) is 18.1 Å². The molecule has 1 aliphatic rings. The van der Waals surface area contributed by atoms with Crippen molar-refractivity contribution in [1.82, 2.24) is 0 Å². The third kappa shape index (κ3) is 3.26. The Kier molecular flexibility index (Phi) is 4.92. The molecule has 0 spiro atoms. The van der Waals surface area contributed by atoms with Gasteiger partial charge in [0.25, 0.3) is 0 Å². The van der Waals surface area contributed by atoms with Crippen molar-refractivity contribution in [2.24, 2.45) is 5.92 Å². The zero-order valence-electron chi connectivity index (χ0n) is 12.1. The van der Waals surface area contributed by atoms with Crippen LogP contribution in [0.15, 0.2) is 24.3 Å². The maximum Gasteiger partial charge on any atom is 0.331 e. The third-order valence-electron chi connectivity index (χ3n) is 4.09. The molecule has 20 heavy (non-hydrogen) atoms. The number of esters is 1. The number of halogens is 1. The van der Waals surface area contributed by atoms with Crippen molar-refractivity contribution in [2.75, 3.05) is 11.9 Å². The molecule has 0 saturated heterocycles. The average Bonchev–Trinajstić information content (AvgIpc) is 2.86. The Balaban J connectivity index is 2.19. The first-order valence-electron chi connectivity index (χ1n) is 7.30. The summed E-state index contributed by atoms with van der Waals surface area (Å²) in [5, 5.41) is 4.09. The number of anilines is 1. The number of carbonyl (C=O) groups excluding carboxylic acids is 1. The second kappa shape index (κ2) is 6.49. The minimum atomic E-state index is -0.579. The van der Waals surface area contributed by atoms with Gasteiger partial charge < -0.3 is 10.1 Å². The molecule has 2 unspecified atom stereocenters. The van der Waals surface area contributed by atoms with Crippen molar-refractivity contribution < 1.29 is 9.53 Å². The lowest BCUT2D eigenvalue weighted by molar-refractivity contribution is -0.148. The van der Waals surface area contributed by atoms with Gasteiger partial charge >= 0.3 is 5.97 Å². The first-order valence-corrected chi connectivity index (χ1v) is 7.68. The van der Waals surface area contributed by atoms with E-state index in [-0.39, 0.29) is 5.97 Å². The highest BCUT2D eigenvalue weighted by atomic mass is 35.5. The minimum absolute atomic E-state index is 0.133. The van der Waals surface area contributed by atoms with Gasteiger partial charge in [-0.3, -0.25) is 0 Å². The van der Waals surface area contributed by atoms with Gasteiger partial charge in [-0.05, 0) is 56.4 Å². The molecule has 2 rings (SSSR count). The minimum Gasteiger partial charge on any atom is -0.464 e. The van der Waals surface area contributed by atoms with Crippen molar-refractivity contribution in [3.63, 3.8) is 0 Å². The SMILES string of the molecule is CCOC(=O)C1(Nc2ccc(Cl)cc2)CCC(CC)C1. The summed E-state index contributed by atoms with van der Waals surface area (Å²) in [5.41, 5.74) is 0.337. The van der Waals surface area contributed by atoms with Gasteiger partial charge in [0.2, 0.25) is 0 Å². The number of benzene rings is 1. The fraction of sp³-hybridized carbons (Fsp3) is 0.562. The number of hydrogen-bond donors (Lipinski definition) is 1. The number of ether oxygens (including phenoxy) is 1. The van der Waals surface area contributed by atoms with E-state index < -0.39 is 5.54 Å². The first kappa shape index (κ1) is 15.2. The second-order valence-electron chi connectivity index (χ2n) is 5.45. The van der Waals surface area contributed by atoms with E-state index in [9.17, 15) is 4.79 Å². The van der Waals surface area contributed by atoms with Gasteiger partial charge in [-0.1, -0.05) is 24.9 Å². The molecule has 0 amide bonds. The average molecular weight is 296 g/mol. The molecule has 1 aromatic rings. The summed E-state index contributed by atoms with van der Waals surface area (Å²) >= 11 is 5.90. The highest BCUT2D eigenvalue weighted by Crippen LogP contribution is 2.39. The van der Waals surface area contributed by atoms with Gasteiger partial charge in [0, 0.05) is 10.7 Å². The normalized spacial score (nSPS) is 25.4. The largest absolute Gasteiger partial charge is 0.464 e. The summed E-state index contributed by atoms with van der Waals surface area (Å²) in [6.45, 7) is 4.44. The summed E-state index contributed by atoms with van der Waals surface area (Å²) in [6, 6.07) is 7.47. The maximum atomic E-state index is 12.4. The van der Waals surface area contributed by atoms with Crippen molar-refractivity contribution in [3.8, 4) is 0 Å². The Morgan fingerprint density at radius 2 is 2.10 bits per heavy atom. The van der Waals surface area contributed by atoms with Crippen LogP contribution in [0.5, 0.6) is 0 Å². The number of nitrogens with one attached hydrogen (secondary N) is 1. The molecule has 1 aromatic carbocycles. The quantitative estimate of drug-likeness (QED) is 0.825. The fourth-order valence-electron chi connectivity index (χ4n) is 2.92. The number of hydrogen-bond acceptors (Lipinski definition) is 3. The zero-order chi connectivity index (χ0) is 14.6. The van der Waals surface area contributed by atoms with E-state index in [1.807, 2.05) is 31.2 Å². The molecule has 1 aliphatic carbocycles. The van der Waals surface area contributed by atoms with E-state index in [4.69, 9.17) is 16.3 Å². The van der Waals surface area contributed by atoms with Crippen LogP contribution in [0, 0.1) is 5.92 Å². The van der Waals surface area contributed by atoms with E-state index >= 15 is 0 Å². The van der Waals surface area contributed by atoms with Crippen molar-refractivity contribution >= 4 is 23.3 Å². The van der Waals surface area contributed by atoms with Crippen LogP contribution >= 0.6 is 11.6 Å². The number of rotatable bonds is 5. The fourth-order valence-corrected chi connectivity index (χ4v) is 3.05. The summed E-state index contributed by atoms with van der Waals surface area (Å²) in [6.07, 6.45) is 3.83. The highest BCUT2D eigenvalue weighted by molar-refractivity contribution is 6.30. The predicted octanol–water partition coefficient (Wildman–Crippen LogP) is 4.26. The molecule has 0 bridgehead atoms. The second-order valence-corrected chi connectivity index (χ2v) is 5.89. The van der Waals surface area contributed by atoms with Crippen LogP contribution in [-0.2, 0) is 9.53 Å². The van der Waals surface area contributed by atoms with Crippen LogP contribution in [0.4, 0.5) is 5.69 Å². The van der Waals surface area contributed by atoms with Gasteiger partial charge in [0.15, 0.2) is 0 Å². The molecule has 0 aliphatic heterocycles. The molecular weight excluding hydrogens is 274 g/mol. The monoisotopic (exact) mass is 295 g/mol. The lowest BCUT2D eigenvalue weighted by Gasteiger charge is -2.29. The highest BCUT2D eigenvalue weighted by Gasteiger charge is 2.46. The summed E-state index contributed by atoms with van der Waals surface area (Å²) in [7, 11) is 0. The molecule has 110 valence electrons. The Hall–Kier alpha value is -1.22. The molecule has 1 fully saturated rings.